The summed E-state index contributed by atoms with van der Waals surface area (Å²) in [5.41, 5.74) is 2.77. The fourth-order valence-corrected chi connectivity index (χ4v) is 4.68. The first-order valence-corrected chi connectivity index (χ1v) is 12.5. The molecule has 8 nitrogen and oxygen atoms in total. The number of nitrogens with one attached hydrogen (secondary N) is 2. The molecule has 9 heteroatoms. The minimum Gasteiger partial charge on any atom is -0.331 e. The van der Waals surface area contributed by atoms with Crippen molar-refractivity contribution >= 4 is 23.6 Å². The van der Waals surface area contributed by atoms with E-state index in [-0.39, 0.29) is 30.4 Å². The molecule has 0 saturated carbocycles. The number of ether oxygens (including phenoxy) is 2. The van der Waals surface area contributed by atoms with Crippen LogP contribution in [0.1, 0.15) is 57.8 Å². The number of carbonyl (C=O) groups excluding carboxylic acids is 2. The second-order valence-corrected chi connectivity index (χ2v) is 9.24. The lowest BCUT2D eigenvalue weighted by molar-refractivity contribution is -0.240. The fraction of sp³-hybridized carbons (Fsp3) is 0.542. The first-order chi connectivity index (χ1) is 16.1. The second kappa shape index (κ2) is 14.1. The number of carbonyl (C=O) groups is 2. The number of thioether (sulfide) groups is 1. The van der Waals surface area contributed by atoms with Crippen molar-refractivity contribution in [3.63, 3.8) is 0 Å². The Hall–Kier alpha value is -2.20. The van der Waals surface area contributed by atoms with Crippen molar-refractivity contribution in [2.24, 2.45) is 0 Å². The highest BCUT2D eigenvalue weighted by atomic mass is 32.2. The maximum absolute atomic E-state index is 12.5. The van der Waals surface area contributed by atoms with Crippen LogP contribution in [0.2, 0.25) is 0 Å². The molecule has 1 aromatic heterocycles. The first kappa shape index (κ1) is 25.4. The van der Waals surface area contributed by atoms with Crippen molar-refractivity contribution in [1.29, 1.82) is 0 Å². The number of unbranched alkanes of at least 4 members (excludes halogenated alkanes) is 3. The Morgan fingerprint density at radius 3 is 2.52 bits per heavy atom. The Bertz CT molecular complexity index is 818. The van der Waals surface area contributed by atoms with Crippen molar-refractivity contribution in [2.45, 2.75) is 81.3 Å². The highest BCUT2D eigenvalue weighted by Crippen LogP contribution is 2.29. The van der Waals surface area contributed by atoms with E-state index in [1.165, 1.54) is 0 Å². The van der Waals surface area contributed by atoms with Crippen molar-refractivity contribution in [3.05, 3.63) is 48.3 Å². The lowest BCUT2D eigenvalue weighted by Crippen LogP contribution is -2.49. The zero-order valence-corrected chi connectivity index (χ0v) is 19.6. The smallest absolute Gasteiger partial charge is 0.243 e. The number of amides is 2. The summed E-state index contributed by atoms with van der Waals surface area (Å²) in [6, 6.07) is 3.95. The van der Waals surface area contributed by atoms with E-state index in [0.717, 1.165) is 54.7 Å². The quantitative estimate of drug-likeness (QED) is 0.182. The molecular weight excluding hydrogens is 442 g/mol. The predicted molar refractivity (Wildman–Crippen MR) is 125 cm³/mol. The molecule has 2 amide bonds. The lowest BCUT2D eigenvalue weighted by atomic mass is 9.97. The van der Waals surface area contributed by atoms with Gasteiger partial charge >= 0.3 is 0 Å². The summed E-state index contributed by atoms with van der Waals surface area (Å²) in [7, 11) is 0. The number of aromatic nitrogens is 1. The number of hydrogen-bond donors (Lipinski definition) is 3. The van der Waals surface area contributed by atoms with E-state index < -0.39 is 6.41 Å². The molecule has 2 aliphatic rings. The monoisotopic (exact) mass is 475 g/mol. The number of nitrogens with zero attached hydrogens (tertiary/aromatic N) is 1. The topological polar surface area (TPSA) is 110 Å². The second-order valence-electron chi connectivity index (χ2n) is 8.14. The van der Waals surface area contributed by atoms with E-state index in [0.29, 0.717) is 12.8 Å². The number of allylic oxidation sites excluding steroid dienone is 2. The van der Waals surface area contributed by atoms with Crippen LogP contribution in [-0.2, 0) is 19.1 Å². The summed E-state index contributed by atoms with van der Waals surface area (Å²) in [5, 5.41) is 11.4. The molecule has 3 unspecified atom stereocenters. The van der Waals surface area contributed by atoms with E-state index in [9.17, 15) is 9.59 Å². The predicted octanol–water partition coefficient (Wildman–Crippen LogP) is 3.87. The summed E-state index contributed by atoms with van der Waals surface area (Å²) < 4.78 is 12.2. The van der Waals surface area contributed by atoms with Gasteiger partial charge in [0.05, 0.1) is 12.2 Å². The van der Waals surface area contributed by atoms with Gasteiger partial charge < -0.3 is 14.8 Å². The van der Waals surface area contributed by atoms with Crippen LogP contribution in [0, 0.1) is 0 Å². The standard InChI is InChI=1S/C24H33N3O5S/c28-22(10-6-1-2-7-11-23(29)27-30)26-24-31-19(17-33-20-12-14-25-15-13-20)16-21(32-24)18-8-4-3-5-9-18/h4,8-9,12-15,19,21,24,30H,1-3,5-7,10-11,16-17H2,(H,26,28)(H,27,29). The number of pyridine rings is 1. The highest BCUT2D eigenvalue weighted by molar-refractivity contribution is 7.99. The molecule has 0 bridgehead atoms. The molecule has 1 aromatic rings. The maximum Gasteiger partial charge on any atom is 0.243 e. The molecule has 33 heavy (non-hydrogen) atoms. The summed E-state index contributed by atoms with van der Waals surface area (Å²) >= 11 is 1.71. The number of hydrogen-bond acceptors (Lipinski definition) is 7. The van der Waals surface area contributed by atoms with Gasteiger partial charge in [0.15, 0.2) is 0 Å². The van der Waals surface area contributed by atoms with Gasteiger partial charge in [-0.25, -0.2) is 5.48 Å². The third-order valence-corrected chi connectivity index (χ3v) is 6.67. The molecule has 2 heterocycles. The van der Waals surface area contributed by atoms with Crippen molar-refractivity contribution in [3.8, 4) is 0 Å². The van der Waals surface area contributed by atoms with Crippen LogP contribution in [-0.4, -0.2) is 46.4 Å². The number of rotatable bonds is 12. The largest absolute Gasteiger partial charge is 0.331 e. The van der Waals surface area contributed by atoms with Gasteiger partial charge in [-0.05, 0) is 43.4 Å². The third kappa shape index (κ3) is 9.29. The fourth-order valence-electron chi connectivity index (χ4n) is 3.78. The van der Waals surface area contributed by atoms with Gasteiger partial charge in [0.2, 0.25) is 18.2 Å². The van der Waals surface area contributed by atoms with Crippen LogP contribution < -0.4 is 10.8 Å². The van der Waals surface area contributed by atoms with Crippen LogP contribution >= 0.6 is 11.8 Å². The molecule has 3 rings (SSSR count). The van der Waals surface area contributed by atoms with E-state index >= 15 is 0 Å². The van der Waals surface area contributed by atoms with Gasteiger partial charge in [0.1, 0.15) is 0 Å². The van der Waals surface area contributed by atoms with Crippen LogP contribution in [0.15, 0.2) is 53.2 Å². The maximum atomic E-state index is 12.5. The third-order valence-electron chi connectivity index (χ3n) is 5.52. The molecule has 0 aromatic carbocycles. The Labute approximate surface area is 199 Å². The molecule has 1 saturated heterocycles. The van der Waals surface area contributed by atoms with Crippen molar-refractivity contribution in [2.75, 3.05) is 5.75 Å². The van der Waals surface area contributed by atoms with Crippen LogP contribution in [0.25, 0.3) is 0 Å². The van der Waals surface area contributed by atoms with E-state index in [1.807, 2.05) is 12.1 Å². The lowest BCUT2D eigenvalue weighted by Gasteiger charge is -2.36. The Balaban J connectivity index is 1.46. The number of hydroxylamine groups is 1. The molecule has 1 aliphatic carbocycles. The van der Waals surface area contributed by atoms with Gasteiger partial charge in [-0.1, -0.05) is 31.1 Å². The van der Waals surface area contributed by atoms with Crippen molar-refractivity contribution < 1.29 is 24.3 Å². The summed E-state index contributed by atoms with van der Waals surface area (Å²) in [4.78, 5) is 28.6. The van der Waals surface area contributed by atoms with Gasteiger partial charge in [-0.2, -0.15) is 0 Å². The molecule has 3 N–H and O–H groups in total. The van der Waals surface area contributed by atoms with Gasteiger partial charge in [-0.3, -0.25) is 19.8 Å². The summed E-state index contributed by atoms with van der Waals surface area (Å²) in [5.74, 6) is 0.269. The highest BCUT2D eigenvalue weighted by Gasteiger charge is 2.32. The van der Waals surface area contributed by atoms with Crippen LogP contribution in [0.4, 0.5) is 0 Å². The van der Waals surface area contributed by atoms with E-state index in [4.69, 9.17) is 14.7 Å². The summed E-state index contributed by atoms with van der Waals surface area (Å²) in [6.45, 7) is 0. The minimum absolute atomic E-state index is 0.0545. The molecule has 1 fully saturated rings. The minimum atomic E-state index is -0.774. The molecule has 0 spiro atoms. The van der Waals surface area contributed by atoms with Crippen LogP contribution in [0.5, 0.6) is 0 Å². The Morgan fingerprint density at radius 1 is 1.06 bits per heavy atom. The Morgan fingerprint density at radius 2 is 1.82 bits per heavy atom. The average molecular weight is 476 g/mol. The molecule has 0 radical (unpaired) electrons. The SMILES string of the molecule is O=C(CCCCCCC(=O)NC1OC(CSc2ccncc2)CC(C2=CCCC=C2)O1)NO. The van der Waals surface area contributed by atoms with E-state index in [1.54, 1.807) is 29.6 Å². The van der Waals surface area contributed by atoms with E-state index in [2.05, 4.69) is 28.5 Å². The zero-order valence-electron chi connectivity index (χ0n) is 18.8. The first-order valence-electron chi connectivity index (χ1n) is 11.6. The average Bonchev–Trinajstić information content (AvgIpc) is 2.85. The van der Waals surface area contributed by atoms with Gasteiger partial charge in [0.25, 0.3) is 0 Å². The summed E-state index contributed by atoms with van der Waals surface area (Å²) in [6.07, 6.45) is 15.6. The molecule has 3 atom stereocenters. The molecular formula is C24H33N3O5S. The van der Waals surface area contributed by atoms with Crippen LogP contribution in [0.3, 0.4) is 0 Å². The zero-order chi connectivity index (χ0) is 23.3. The van der Waals surface area contributed by atoms with Gasteiger partial charge in [0, 0.05) is 42.3 Å². The normalized spacial score (nSPS) is 22.5. The molecule has 180 valence electrons. The van der Waals surface area contributed by atoms with Crippen molar-refractivity contribution in [1.82, 2.24) is 15.8 Å². The Kier molecular flexibility index (Phi) is 10.9. The van der Waals surface area contributed by atoms with Gasteiger partial charge in [-0.15, -0.1) is 11.8 Å². The molecule has 1 aliphatic heterocycles.